The summed E-state index contributed by atoms with van der Waals surface area (Å²) in [6.45, 7) is 8.10. The summed E-state index contributed by atoms with van der Waals surface area (Å²) in [6, 6.07) is 11.8. The van der Waals surface area contributed by atoms with E-state index in [0.29, 0.717) is 37.6 Å². The van der Waals surface area contributed by atoms with Crippen LogP contribution in [0.4, 0.5) is 13.2 Å². The highest BCUT2D eigenvalue weighted by atomic mass is 19.4. The normalized spacial score (nSPS) is 17.8. The van der Waals surface area contributed by atoms with Crippen molar-refractivity contribution in [3.63, 3.8) is 0 Å². The van der Waals surface area contributed by atoms with Gasteiger partial charge < -0.3 is 14.2 Å². The summed E-state index contributed by atoms with van der Waals surface area (Å²) >= 11 is 0. The SMILES string of the molecule is CC(C)(C)OC(=O)CCN1CCOC(c2ccc(Oc3ccc(C(F)(F)F)cc3)cc2)C1. The van der Waals surface area contributed by atoms with Crippen LogP contribution in [0.1, 0.15) is 44.4 Å². The van der Waals surface area contributed by atoms with E-state index in [9.17, 15) is 18.0 Å². The van der Waals surface area contributed by atoms with Crippen molar-refractivity contribution in [1.82, 2.24) is 4.90 Å². The Bertz CT molecular complexity index is 889. The van der Waals surface area contributed by atoms with Crippen molar-refractivity contribution < 1.29 is 32.2 Å². The number of carbonyl (C=O) groups excluding carboxylic acids is 1. The number of rotatable bonds is 6. The van der Waals surface area contributed by atoms with Crippen molar-refractivity contribution in [2.24, 2.45) is 0 Å². The number of morpholine rings is 1. The number of carbonyl (C=O) groups is 1. The molecular formula is C24H28F3NO4. The molecule has 0 aromatic heterocycles. The average molecular weight is 451 g/mol. The molecule has 0 aliphatic carbocycles. The largest absolute Gasteiger partial charge is 0.460 e. The minimum Gasteiger partial charge on any atom is -0.460 e. The third kappa shape index (κ3) is 7.24. The van der Waals surface area contributed by atoms with E-state index in [1.54, 1.807) is 12.1 Å². The summed E-state index contributed by atoms with van der Waals surface area (Å²) in [7, 11) is 0. The standard InChI is InChI=1S/C24H28F3NO4/c1-23(2,3)32-22(29)12-13-28-14-15-30-21(16-28)17-4-8-19(9-5-17)31-20-10-6-18(7-11-20)24(25,26)27/h4-11,21H,12-16H2,1-3H3. The van der Waals surface area contributed by atoms with Crippen molar-refractivity contribution in [1.29, 1.82) is 0 Å². The first-order chi connectivity index (χ1) is 15.0. The molecule has 0 amide bonds. The lowest BCUT2D eigenvalue weighted by molar-refractivity contribution is -0.155. The Balaban J connectivity index is 1.53. The van der Waals surface area contributed by atoms with Gasteiger partial charge in [-0.15, -0.1) is 0 Å². The van der Waals surface area contributed by atoms with Crippen LogP contribution in [-0.2, 0) is 20.4 Å². The summed E-state index contributed by atoms with van der Waals surface area (Å²) in [4.78, 5) is 14.1. The van der Waals surface area contributed by atoms with Crippen molar-refractivity contribution >= 4 is 5.97 Å². The number of alkyl halides is 3. The highest BCUT2D eigenvalue weighted by Crippen LogP contribution is 2.32. The molecule has 1 unspecified atom stereocenters. The Labute approximate surface area is 186 Å². The zero-order valence-corrected chi connectivity index (χ0v) is 18.4. The minimum absolute atomic E-state index is 0.137. The van der Waals surface area contributed by atoms with Gasteiger partial charge in [-0.05, 0) is 62.7 Å². The van der Waals surface area contributed by atoms with Gasteiger partial charge >= 0.3 is 12.1 Å². The second-order valence-electron chi connectivity index (χ2n) is 8.69. The third-order valence-corrected chi connectivity index (χ3v) is 4.87. The molecule has 1 saturated heterocycles. The molecule has 1 aliphatic rings. The maximum atomic E-state index is 12.7. The van der Waals surface area contributed by atoms with Crippen LogP contribution in [-0.4, -0.2) is 42.7 Å². The fourth-order valence-corrected chi connectivity index (χ4v) is 3.35. The number of benzene rings is 2. The molecule has 1 heterocycles. The van der Waals surface area contributed by atoms with E-state index < -0.39 is 17.3 Å². The molecule has 1 atom stereocenters. The number of hydrogen-bond donors (Lipinski definition) is 0. The van der Waals surface area contributed by atoms with Crippen LogP contribution in [0.5, 0.6) is 11.5 Å². The maximum Gasteiger partial charge on any atom is 0.416 e. The molecule has 0 radical (unpaired) electrons. The van der Waals surface area contributed by atoms with Crippen molar-refractivity contribution in [3.8, 4) is 11.5 Å². The molecule has 2 aromatic rings. The number of esters is 1. The Hall–Kier alpha value is -2.58. The predicted molar refractivity (Wildman–Crippen MR) is 114 cm³/mol. The molecule has 174 valence electrons. The van der Waals surface area contributed by atoms with Gasteiger partial charge in [0.05, 0.1) is 24.7 Å². The molecule has 8 heteroatoms. The van der Waals surface area contributed by atoms with E-state index >= 15 is 0 Å². The summed E-state index contributed by atoms with van der Waals surface area (Å²) in [5.74, 6) is 0.629. The van der Waals surface area contributed by atoms with E-state index in [0.717, 1.165) is 24.2 Å². The first kappa shape index (κ1) is 24.1. The van der Waals surface area contributed by atoms with Crippen LogP contribution in [0, 0.1) is 0 Å². The van der Waals surface area contributed by atoms with Crippen LogP contribution >= 0.6 is 0 Å². The van der Waals surface area contributed by atoms with Crippen LogP contribution in [0.2, 0.25) is 0 Å². The predicted octanol–water partition coefficient (Wildman–Crippen LogP) is 5.60. The molecule has 0 N–H and O–H groups in total. The van der Waals surface area contributed by atoms with Gasteiger partial charge in [-0.1, -0.05) is 12.1 Å². The molecule has 5 nitrogen and oxygen atoms in total. The van der Waals surface area contributed by atoms with Gasteiger partial charge in [0, 0.05) is 19.6 Å². The van der Waals surface area contributed by atoms with E-state index in [1.165, 1.54) is 12.1 Å². The van der Waals surface area contributed by atoms with Gasteiger partial charge in [-0.3, -0.25) is 9.69 Å². The second kappa shape index (κ2) is 9.92. The van der Waals surface area contributed by atoms with E-state index in [1.807, 2.05) is 32.9 Å². The number of ether oxygens (including phenoxy) is 3. The van der Waals surface area contributed by atoms with Crippen LogP contribution in [0.3, 0.4) is 0 Å². The Kier molecular flexibility index (Phi) is 7.46. The number of halogens is 3. The van der Waals surface area contributed by atoms with Crippen LogP contribution in [0.15, 0.2) is 48.5 Å². The van der Waals surface area contributed by atoms with Gasteiger partial charge in [0.1, 0.15) is 17.1 Å². The lowest BCUT2D eigenvalue weighted by atomic mass is 10.1. The maximum absolute atomic E-state index is 12.7. The minimum atomic E-state index is -4.37. The quantitative estimate of drug-likeness (QED) is 0.535. The zero-order valence-electron chi connectivity index (χ0n) is 18.4. The Morgan fingerprint density at radius 2 is 1.62 bits per heavy atom. The smallest absolute Gasteiger partial charge is 0.416 e. The molecular weight excluding hydrogens is 423 g/mol. The van der Waals surface area contributed by atoms with Gasteiger partial charge in [-0.2, -0.15) is 13.2 Å². The molecule has 32 heavy (non-hydrogen) atoms. The fourth-order valence-electron chi connectivity index (χ4n) is 3.35. The summed E-state index contributed by atoms with van der Waals surface area (Å²) in [6.07, 6.45) is -4.19. The van der Waals surface area contributed by atoms with E-state index in [2.05, 4.69) is 4.90 Å². The fraction of sp³-hybridized carbons (Fsp3) is 0.458. The third-order valence-electron chi connectivity index (χ3n) is 4.87. The van der Waals surface area contributed by atoms with Gasteiger partial charge in [0.25, 0.3) is 0 Å². The highest BCUT2D eigenvalue weighted by Gasteiger charge is 2.30. The first-order valence-corrected chi connectivity index (χ1v) is 10.5. The van der Waals surface area contributed by atoms with Crippen molar-refractivity contribution in [2.45, 2.75) is 45.1 Å². The molecule has 1 aliphatic heterocycles. The van der Waals surface area contributed by atoms with Gasteiger partial charge in [0.15, 0.2) is 0 Å². The van der Waals surface area contributed by atoms with Gasteiger partial charge in [0.2, 0.25) is 0 Å². The monoisotopic (exact) mass is 451 g/mol. The number of hydrogen-bond acceptors (Lipinski definition) is 5. The summed E-state index contributed by atoms with van der Waals surface area (Å²) < 4.78 is 54.9. The van der Waals surface area contributed by atoms with Gasteiger partial charge in [-0.25, -0.2) is 0 Å². The van der Waals surface area contributed by atoms with Crippen LogP contribution in [0.25, 0.3) is 0 Å². The number of nitrogens with zero attached hydrogens (tertiary/aromatic N) is 1. The Morgan fingerprint density at radius 3 is 2.19 bits per heavy atom. The molecule has 3 rings (SSSR count). The summed E-state index contributed by atoms with van der Waals surface area (Å²) in [5, 5.41) is 0. The Morgan fingerprint density at radius 1 is 1.03 bits per heavy atom. The molecule has 1 fully saturated rings. The molecule has 0 bridgehead atoms. The second-order valence-corrected chi connectivity index (χ2v) is 8.69. The van der Waals surface area contributed by atoms with Crippen molar-refractivity contribution in [2.75, 3.05) is 26.2 Å². The zero-order chi connectivity index (χ0) is 23.4. The first-order valence-electron chi connectivity index (χ1n) is 10.5. The van der Waals surface area contributed by atoms with Crippen LogP contribution < -0.4 is 4.74 Å². The lowest BCUT2D eigenvalue weighted by Gasteiger charge is -2.33. The highest BCUT2D eigenvalue weighted by molar-refractivity contribution is 5.70. The molecule has 2 aromatic carbocycles. The van der Waals surface area contributed by atoms with Crippen molar-refractivity contribution in [3.05, 3.63) is 59.7 Å². The topological polar surface area (TPSA) is 48.0 Å². The lowest BCUT2D eigenvalue weighted by Crippen LogP contribution is -2.39. The van der Waals surface area contributed by atoms with E-state index in [-0.39, 0.29) is 12.1 Å². The average Bonchev–Trinajstić information content (AvgIpc) is 2.72. The summed E-state index contributed by atoms with van der Waals surface area (Å²) in [5.41, 5.74) is -0.243. The molecule has 0 spiro atoms. The molecule has 0 saturated carbocycles. The van der Waals surface area contributed by atoms with E-state index in [4.69, 9.17) is 14.2 Å².